The number of nitrogens with one attached hydrogen (secondary N) is 1. The third-order valence-corrected chi connectivity index (χ3v) is 3.17. The van der Waals surface area contributed by atoms with Crippen molar-refractivity contribution in [3.05, 3.63) is 29.8 Å². The van der Waals surface area contributed by atoms with Crippen LogP contribution in [0.15, 0.2) is 24.3 Å². The Morgan fingerprint density at radius 2 is 2.00 bits per heavy atom. The van der Waals surface area contributed by atoms with E-state index in [1.807, 2.05) is 0 Å². The Bertz CT molecular complexity index is 369. The van der Waals surface area contributed by atoms with Crippen molar-refractivity contribution in [3.63, 3.8) is 0 Å². The lowest BCUT2D eigenvalue weighted by atomic mass is 10.00. The molecule has 0 bridgehead atoms. The summed E-state index contributed by atoms with van der Waals surface area (Å²) in [4.78, 5) is 0. The van der Waals surface area contributed by atoms with Crippen molar-refractivity contribution in [1.29, 1.82) is 0 Å². The number of rotatable bonds is 10. The average molecular weight is 287 g/mol. The van der Waals surface area contributed by atoms with Gasteiger partial charge in [0.15, 0.2) is 0 Å². The first-order valence-corrected chi connectivity index (χ1v) is 7.01. The van der Waals surface area contributed by atoms with Gasteiger partial charge in [-0.3, -0.25) is 0 Å². The van der Waals surface area contributed by atoms with Gasteiger partial charge in [0.05, 0.1) is 0 Å². The van der Waals surface area contributed by atoms with E-state index in [0.29, 0.717) is 18.0 Å². The zero-order valence-corrected chi connectivity index (χ0v) is 11.8. The smallest absolute Gasteiger partial charge is 0.387 e. The van der Waals surface area contributed by atoms with Crippen molar-refractivity contribution in [2.75, 3.05) is 13.2 Å². The molecule has 0 aliphatic heterocycles. The fourth-order valence-electron chi connectivity index (χ4n) is 2.21. The van der Waals surface area contributed by atoms with Crippen molar-refractivity contribution in [2.24, 2.45) is 5.92 Å². The summed E-state index contributed by atoms with van der Waals surface area (Å²) in [6.45, 7) is 0.720. The molecule has 0 saturated carbocycles. The first kappa shape index (κ1) is 16.9. The highest BCUT2D eigenvalue weighted by Gasteiger charge is 2.10. The summed E-state index contributed by atoms with van der Waals surface area (Å²) in [6.07, 6.45) is 2.87. The number of alkyl halides is 2. The van der Waals surface area contributed by atoms with Crippen LogP contribution in [0.1, 0.15) is 31.7 Å². The summed E-state index contributed by atoms with van der Waals surface area (Å²) < 4.78 is 29.0. The lowest BCUT2D eigenvalue weighted by molar-refractivity contribution is -0.0505. The molecule has 0 fully saturated rings. The molecule has 1 atom stereocenters. The molecule has 0 aliphatic carbocycles. The molecule has 5 heteroatoms. The van der Waals surface area contributed by atoms with Crippen molar-refractivity contribution in [1.82, 2.24) is 5.32 Å². The van der Waals surface area contributed by atoms with Crippen molar-refractivity contribution in [2.45, 2.75) is 39.3 Å². The second kappa shape index (κ2) is 9.66. The van der Waals surface area contributed by atoms with Crippen molar-refractivity contribution < 1.29 is 18.6 Å². The van der Waals surface area contributed by atoms with Crippen LogP contribution in [0, 0.1) is 5.92 Å². The topological polar surface area (TPSA) is 41.5 Å². The average Bonchev–Trinajstić information content (AvgIpc) is 2.40. The van der Waals surface area contributed by atoms with Crippen LogP contribution in [0.4, 0.5) is 8.78 Å². The summed E-state index contributed by atoms with van der Waals surface area (Å²) in [5, 5.41) is 12.2. The van der Waals surface area contributed by atoms with E-state index in [-0.39, 0.29) is 12.4 Å². The van der Waals surface area contributed by atoms with E-state index < -0.39 is 6.61 Å². The Kier molecular flexibility index (Phi) is 8.14. The van der Waals surface area contributed by atoms with E-state index in [0.717, 1.165) is 25.8 Å². The molecule has 1 aromatic carbocycles. The quantitative estimate of drug-likeness (QED) is 0.694. The van der Waals surface area contributed by atoms with Gasteiger partial charge >= 0.3 is 6.61 Å². The van der Waals surface area contributed by atoms with Crippen LogP contribution in [0.3, 0.4) is 0 Å². The molecule has 3 nitrogen and oxygen atoms in total. The number of benzene rings is 1. The number of hydrogen-bond acceptors (Lipinski definition) is 3. The standard InChI is InChI=1S/C15H23F2NO2/c1-2-5-12(8-9-19)10-18-11-13-6-3-4-7-14(13)20-15(16)17/h3-4,6-7,12,15,18-19H,2,5,8-11H2,1H3. The molecule has 114 valence electrons. The third kappa shape index (κ3) is 6.30. The number of halogens is 2. The first-order valence-electron chi connectivity index (χ1n) is 7.01. The third-order valence-electron chi connectivity index (χ3n) is 3.17. The fraction of sp³-hybridized carbons (Fsp3) is 0.600. The lowest BCUT2D eigenvalue weighted by Gasteiger charge is -2.16. The van der Waals surface area contributed by atoms with Crippen molar-refractivity contribution >= 4 is 0 Å². The fourth-order valence-corrected chi connectivity index (χ4v) is 2.21. The van der Waals surface area contributed by atoms with Gasteiger partial charge in [0.1, 0.15) is 5.75 Å². The summed E-state index contributed by atoms with van der Waals surface area (Å²) in [6, 6.07) is 6.78. The molecule has 0 amide bonds. The predicted octanol–water partition coefficient (Wildman–Crippen LogP) is 3.18. The molecule has 0 aromatic heterocycles. The van der Waals surface area contributed by atoms with Crippen LogP contribution in [-0.4, -0.2) is 24.9 Å². The van der Waals surface area contributed by atoms with Gasteiger partial charge < -0.3 is 15.2 Å². The molecule has 0 heterocycles. The van der Waals surface area contributed by atoms with Crippen LogP contribution in [0.2, 0.25) is 0 Å². The highest BCUT2D eigenvalue weighted by Crippen LogP contribution is 2.20. The van der Waals surface area contributed by atoms with Gasteiger partial charge in [-0.15, -0.1) is 0 Å². The van der Waals surface area contributed by atoms with Gasteiger partial charge in [-0.1, -0.05) is 31.5 Å². The Hall–Kier alpha value is -1.20. The monoisotopic (exact) mass is 287 g/mol. The predicted molar refractivity (Wildman–Crippen MR) is 74.9 cm³/mol. The van der Waals surface area contributed by atoms with E-state index >= 15 is 0 Å². The van der Waals surface area contributed by atoms with E-state index in [9.17, 15) is 8.78 Å². The molecular formula is C15H23F2NO2. The highest BCUT2D eigenvalue weighted by atomic mass is 19.3. The van der Waals surface area contributed by atoms with Gasteiger partial charge in [-0.25, -0.2) is 0 Å². The van der Waals surface area contributed by atoms with Gasteiger partial charge in [0, 0.05) is 18.7 Å². The van der Waals surface area contributed by atoms with E-state index in [2.05, 4.69) is 17.0 Å². The zero-order valence-electron chi connectivity index (χ0n) is 11.8. The van der Waals surface area contributed by atoms with Gasteiger partial charge in [0.2, 0.25) is 0 Å². The normalized spacial score (nSPS) is 12.7. The number of hydrogen-bond donors (Lipinski definition) is 2. The maximum Gasteiger partial charge on any atom is 0.387 e. The molecule has 20 heavy (non-hydrogen) atoms. The molecule has 0 saturated heterocycles. The van der Waals surface area contributed by atoms with Crippen LogP contribution >= 0.6 is 0 Å². The molecule has 0 spiro atoms. The molecule has 0 aliphatic rings. The molecule has 1 aromatic rings. The largest absolute Gasteiger partial charge is 0.434 e. The summed E-state index contributed by atoms with van der Waals surface area (Å²) in [5.74, 6) is 0.623. The summed E-state index contributed by atoms with van der Waals surface area (Å²) in [7, 11) is 0. The minimum absolute atomic E-state index is 0.178. The van der Waals surface area contributed by atoms with E-state index in [1.54, 1.807) is 24.3 Å². The van der Waals surface area contributed by atoms with Crippen LogP contribution in [0.5, 0.6) is 5.75 Å². The van der Waals surface area contributed by atoms with Crippen LogP contribution in [0.25, 0.3) is 0 Å². The van der Waals surface area contributed by atoms with E-state index in [1.165, 1.54) is 0 Å². The summed E-state index contributed by atoms with van der Waals surface area (Å²) >= 11 is 0. The van der Waals surface area contributed by atoms with Crippen molar-refractivity contribution in [3.8, 4) is 5.75 Å². The highest BCUT2D eigenvalue weighted by molar-refractivity contribution is 5.33. The second-order valence-corrected chi connectivity index (χ2v) is 4.78. The first-order chi connectivity index (χ1) is 9.67. The summed E-state index contributed by atoms with van der Waals surface area (Å²) in [5.41, 5.74) is 0.715. The molecule has 1 rings (SSSR count). The minimum Gasteiger partial charge on any atom is -0.434 e. The van der Waals surface area contributed by atoms with E-state index in [4.69, 9.17) is 5.11 Å². The Balaban J connectivity index is 2.48. The molecular weight excluding hydrogens is 264 g/mol. The second-order valence-electron chi connectivity index (χ2n) is 4.78. The number of aliphatic hydroxyl groups is 1. The molecule has 0 radical (unpaired) electrons. The Labute approximate surface area is 119 Å². The maximum absolute atomic E-state index is 12.3. The number of aliphatic hydroxyl groups excluding tert-OH is 1. The zero-order chi connectivity index (χ0) is 14.8. The van der Waals surface area contributed by atoms with Crippen LogP contribution < -0.4 is 10.1 Å². The Morgan fingerprint density at radius 1 is 1.25 bits per heavy atom. The lowest BCUT2D eigenvalue weighted by Crippen LogP contribution is -2.23. The SMILES string of the molecule is CCCC(CCO)CNCc1ccccc1OC(F)F. The molecule has 2 N–H and O–H groups in total. The minimum atomic E-state index is -2.81. The number of ether oxygens (including phenoxy) is 1. The Morgan fingerprint density at radius 3 is 2.65 bits per heavy atom. The molecule has 1 unspecified atom stereocenters. The number of para-hydroxylation sites is 1. The maximum atomic E-state index is 12.3. The van der Waals surface area contributed by atoms with Crippen LogP contribution in [-0.2, 0) is 6.54 Å². The van der Waals surface area contributed by atoms with Gasteiger partial charge in [-0.05, 0) is 31.4 Å². The van der Waals surface area contributed by atoms with Gasteiger partial charge in [-0.2, -0.15) is 8.78 Å². The van der Waals surface area contributed by atoms with Gasteiger partial charge in [0.25, 0.3) is 0 Å².